The fraction of sp³-hybridized carbons (Fsp3) is 0.250. The molecule has 1 aliphatic heterocycles. The number of carbonyl (C=O) groups excluding carboxylic acids is 1. The summed E-state index contributed by atoms with van der Waals surface area (Å²) in [5.74, 6) is 0.758. The molecule has 1 fully saturated rings. The van der Waals surface area contributed by atoms with Crippen molar-refractivity contribution in [3.05, 3.63) is 66.9 Å². The fourth-order valence-corrected chi connectivity index (χ4v) is 3.88. The molecule has 5 rings (SSSR count). The molecule has 0 atom stereocenters. The first-order chi connectivity index (χ1) is 15.7. The lowest BCUT2D eigenvalue weighted by Gasteiger charge is -2.28. The second-order valence-electron chi connectivity index (χ2n) is 7.86. The van der Waals surface area contributed by atoms with E-state index < -0.39 is 0 Å². The average molecular weight is 428 g/mol. The Morgan fingerprint density at radius 2 is 1.97 bits per heavy atom. The maximum Gasteiger partial charge on any atom is 0.180 e. The average Bonchev–Trinajstić information content (AvgIpc) is 3.29. The smallest absolute Gasteiger partial charge is 0.180 e. The molecule has 3 aromatic heterocycles. The Morgan fingerprint density at radius 3 is 2.75 bits per heavy atom. The second kappa shape index (κ2) is 8.76. The highest BCUT2D eigenvalue weighted by molar-refractivity contribution is 5.79. The first kappa shape index (κ1) is 20.1. The highest BCUT2D eigenvalue weighted by atomic mass is 16.5. The molecule has 1 N–H and O–H groups in total. The number of fused-ring (bicyclic) bond motifs is 1. The van der Waals surface area contributed by atoms with Gasteiger partial charge in [0.05, 0.1) is 18.9 Å². The van der Waals surface area contributed by atoms with E-state index >= 15 is 0 Å². The number of ketones is 1. The van der Waals surface area contributed by atoms with Gasteiger partial charge in [0.25, 0.3) is 0 Å². The van der Waals surface area contributed by atoms with Crippen LogP contribution in [0.2, 0.25) is 0 Å². The van der Waals surface area contributed by atoms with Crippen molar-refractivity contribution in [2.24, 2.45) is 0 Å². The van der Waals surface area contributed by atoms with Gasteiger partial charge in [0.2, 0.25) is 0 Å². The highest BCUT2D eigenvalue weighted by Gasteiger charge is 2.13. The Labute approximate surface area is 185 Å². The van der Waals surface area contributed by atoms with Gasteiger partial charge in [-0.25, -0.2) is 9.97 Å². The van der Waals surface area contributed by atoms with Crippen molar-refractivity contribution in [2.75, 3.05) is 36.5 Å². The summed E-state index contributed by atoms with van der Waals surface area (Å²) in [6.45, 7) is 4.91. The van der Waals surface area contributed by atoms with Crippen LogP contribution in [0.4, 0.5) is 17.2 Å². The maximum atomic E-state index is 11.5. The lowest BCUT2D eigenvalue weighted by Crippen LogP contribution is -2.36. The van der Waals surface area contributed by atoms with Gasteiger partial charge in [-0.05, 0) is 42.8 Å². The Kier molecular flexibility index (Phi) is 5.51. The normalized spacial score (nSPS) is 14.0. The number of pyridine rings is 1. The topological polar surface area (TPSA) is 84.7 Å². The minimum atomic E-state index is 0.102. The molecule has 0 unspecified atom stereocenters. The molecule has 0 spiro atoms. The molecule has 162 valence electrons. The Bertz CT molecular complexity index is 1250. The number of benzene rings is 1. The van der Waals surface area contributed by atoms with E-state index in [2.05, 4.69) is 32.3 Å². The van der Waals surface area contributed by atoms with Gasteiger partial charge < -0.3 is 19.4 Å². The van der Waals surface area contributed by atoms with Gasteiger partial charge in [0.1, 0.15) is 5.78 Å². The number of nitrogens with one attached hydrogen (secondary N) is 1. The number of Topliss-reactive ketones (excluding diaryl/α,β-unsaturated/α-hetero) is 1. The fourth-order valence-electron chi connectivity index (χ4n) is 3.88. The number of morpholine rings is 1. The molecule has 0 bridgehead atoms. The molecule has 4 aromatic rings. The quantitative estimate of drug-likeness (QED) is 0.503. The zero-order valence-electron chi connectivity index (χ0n) is 17.9. The number of imidazole rings is 1. The molecule has 8 heteroatoms. The van der Waals surface area contributed by atoms with Crippen LogP contribution in [0.1, 0.15) is 12.5 Å². The van der Waals surface area contributed by atoms with Crippen LogP contribution in [0.3, 0.4) is 0 Å². The van der Waals surface area contributed by atoms with Crippen LogP contribution < -0.4 is 10.2 Å². The lowest BCUT2D eigenvalue weighted by atomic mass is 10.1. The lowest BCUT2D eigenvalue weighted by molar-refractivity contribution is -0.116. The van der Waals surface area contributed by atoms with Gasteiger partial charge in [0, 0.05) is 67.4 Å². The molecule has 0 saturated carbocycles. The molecule has 0 aliphatic carbocycles. The first-order valence-electron chi connectivity index (χ1n) is 10.6. The van der Waals surface area contributed by atoms with E-state index in [1.165, 1.54) is 5.69 Å². The summed E-state index contributed by atoms with van der Waals surface area (Å²) in [4.78, 5) is 27.4. The van der Waals surface area contributed by atoms with Crippen molar-refractivity contribution in [1.29, 1.82) is 0 Å². The molecule has 1 saturated heterocycles. The van der Waals surface area contributed by atoms with Crippen molar-refractivity contribution in [1.82, 2.24) is 19.4 Å². The number of aromatic nitrogens is 4. The van der Waals surface area contributed by atoms with E-state index in [1.807, 2.05) is 35.0 Å². The summed E-state index contributed by atoms with van der Waals surface area (Å²) >= 11 is 0. The van der Waals surface area contributed by atoms with Crippen LogP contribution >= 0.6 is 0 Å². The molecular weight excluding hydrogens is 404 g/mol. The van der Waals surface area contributed by atoms with Crippen LogP contribution in [0.5, 0.6) is 0 Å². The molecule has 1 aromatic carbocycles. The van der Waals surface area contributed by atoms with Crippen LogP contribution in [-0.4, -0.2) is 51.4 Å². The van der Waals surface area contributed by atoms with Crippen molar-refractivity contribution in [3.8, 4) is 11.3 Å². The molecule has 0 radical (unpaired) electrons. The summed E-state index contributed by atoms with van der Waals surface area (Å²) in [6, 6.07) is 10.3. The number of hydrogen-bond acceptors (Lipinski definition) is 7. The number of anilines is 3. The van der Waals surface area contributed by atoms with Gasteiger partial charge in [-0.3, -0.25) is 9.78 Å². The standard InChI is InChI=1S/C24H24N6O2/c1-17(31)12-18-13-19(15-25-14-18)22-16-30-7-6-26-24(30)23(28-22)27-20-2-4-21(5-3-20)29-8-10-32-11-9-29/h2-7,13-16H,8-12H2,1H3,(H,27,28). The number of nitrogens with zero attached hydrogens (tertiary/aromatic N) is 5. The number of hydrogen-bond donors (Lipinski definition) is 1. The van der Waals surface area contributed by atoms with Crippen molar-refractivity contribution in [2.45, 2.75) is 13.3 Å². The minimum Gasteiger partial charge on any atom is -0.378 e. The van der Waals surface area contributed by atoms with Gasteiger partial charge >= 0.3 is 0 Å². The molecule has 32 heavy (non-hydrogen) atoms. The van der Waals surface area contributed by atoms with Crippen molar-refractivity contribution in [3.63, 3.8) is 0 Å². The number of rotatable bonds is 6. The van der Waals surface area contributed by atoms with E-state index in [0.29, 0.717) is 12.2 Å². The summed E-state index contributed by atoms with van der Waals surface area (Å²) in [5, 5.41) is 3.41. The van der Waals surface area contributed by atoms with E-state index in [0.717, 1.165) is 54.5 Å². The Morgan fingerprint density at radius 1 is 1.16 bits per heavy atom. The second-order valence-corrected chi connectivity index (χ2v) is 7.86. The summed E-state index contributed by atoms with van der Waals surface area (Å²) in [5.41, 5.74) is 5.32. The van der Waals surface area contributed by atoms with Gasteiger partial charge in [-0.2, -0.15) is 0 Å². The zero-order valence-corrected chi connectivity index (χ0v) is 17.9. The first-order valence-corrected chi connectivity index (χ1v) is 10.6. The van der Waals surface area contributed by atoms with Gasteiger partial charge in [-0.15, -0.1) is 0 Å². The molecule has 0 amide bonds. The number of carbonyl (C=O) groups is 1. The van der Waals surface area contributed by atoms with E-state index in [4.69, 9.17) is 9.72 Å². The third-order valence-electron chi connectivity index (χ3n) is 5.42. The maximum absolute atomic E-state index is 11.5. The molecule has 1 aliphatic rings. The van der Waals surface area contributed by atoms with Crippen molar-refractivity contribution >= 4 is 28.6 Å². The third-order valence-corrected chi connectivity index (χ3v) is 5.42. The largest absolute Gasteiger partial charge is 0.378 e. The van der Waals surface area contributed by atoms with E-state index in [1.54, 1.807) is 25.5 Å². The predicted octanol–water partition coefficient (Wildman–Crippen LogP) is 3.50. The van der Waals surface area contributed by atoms with Crippen LogP contribution in [0.15, 0.2) is 61.3 Å². The zero-order chi connectivity index (χ0) is 21.9. The van der Waals surface area contributed by atoms with Gasteiger partial charge in [0.15, 0.2) is 11.5 Å². The van der Waals surface area contributed by atoms with E-state index in [9.17, 15) is 4.79 Å². The minimum absolute atomic E-state index is 0.102. The molecule has 8 nitrogen and oxygen atoms in total. The van der Waals surface area contributed by atoms with Crippen LogP contribution in [0, 0.1) is 0 Å². The Hall–Kier alpha value is -3.78. The SMILES string of the molecule is CC(=O)Cc1cncc(-c2cn3ccnc3c(Nc3ccc(N4CCOCC4)cc3)n2)c1. The summed E-state index contributed by atoms with van der Waals surface area (Å²) in [7, 11) is 0. The van der Waals surface area contributed by atoms with Crippen LogP contribution in [-0.2, 0) is 16.0 Å². The van der Waals surface area contributed by atoms with E-state index in [-0.39, 0.29) is 5.78 Å². The summed E-state index contributed by atoms with van der Waals surface area (Å²) in [6.07, 6.45) is 9.39. The molecular formula is C24H24N6O2. The predicted molar refractivity (Wildman–Crippen MR) is 123 cm³/mol. The summed E-state index contributed by atoms with van der Waals surface area (Å²) < 4.78 is 7.37. The highest BCUT2D eigenvalue weighted by Crippen LogP contribution is 2.26. The monoisotopic (exact) mass is 428 g/mol. The number of ether oxygens (including phenoxy) is 1. The van der Waals surface area contributed by atoms with Crippen molar-refractivity contribution < 1.29 is 9.53 Å². The van der Waals surface area contributed by atoms with Crippen LogP contribution in [0.25, 0.3) is 16.9 Å². The van der Waals surface area contributed by atoms with Gasteiger partial charge in [-0.1, -0.05) is 0 Å². The molecule has 4 heterocycles. The Balaban J connectivity index is 1.44. The third kappa shape index (κ3) is 4.31.